The lowest BCUT2D eigenvalue weighted by atomic mass is 10.1. The van der Waals surface area contributed by atoms with Crippen molar-refractivity contribution in [1.82, 2.24) is 24.3 Å². The number of carbonyl (C=O) groups is 1. The summed E-state index contributed by atoms with van der Waals surface area (Å²) in [6.07, 6.45) is 2.11. The Morgan fingerprint density at radius 1 is 0.955 bits per heavy atom. The van der Waals surface area contributed by atoms with Crippen LogP contribution < -0.4 is 15.0 Å². The molecule has 2 aliphatic heterocycles. The van der Waals surface area contributed by atoms with Gasteiger partial charge in [0.25, 0.3) is 5.91 Å². The summed E-state index contributed by atoms with van der Waals surface area (Å²) in [5.74, 6) is 1.45. The normalized spacial score (nSPS) is 19.8. The largest absolute Gasteiger partial charge is 0.437 e. The van der Waals surface area contributed by atoms with Gasteiger partial charge in [-0.05, 0) is 81.8 Å². The minimum absolute atomic E-state index is 0.0765. The van der Waals surface area contributed by atoms with Crippen molar-refractivity contribution in [3.63, 3.8) is 0 Å². The number of nitrogens with one attached hydrogen (secondary N) is 1. The predicted molar refractivity (Wildman–Crippen MR) is 174 cm³/mol. The molecule has 0 spiro atoms. The number of morpholine rings is 1. The summed E-state index contributed by atoms with van der Waals surface area (Å²) in [6, 6.07) is 13.7. The fourth-order valence-electron chi connectivity index (χ4n) is 6.05. The third-order valence-electron chi connectivity index (χ3n) is 8.63. The Morgan fingerprint density at radius 3 is 2.43 bits per heavy atom. The van der Waals surface area contributed by atoms with Crippen LogP contribution in [0.5, 0.6) is 11.6 Å². The van der Waals surface area contributed by atoms with E-state index in [4.69, 9.17) is 19.4 Å². The van der Waals surface area contributed by atoms with Gasteiger partial charge in [-0.25, -0.2) is 4.98 Å². The third-order valence-corrected chi connectivity index (χ3v) is 8.63. The molecular formula is C34H43N7O3. The Kier molecular flexibility index (Phi) is 8.57. The van der Waals surface area contributed by atoms with Gasteiger partial charge in [-0.15, -0.1) is 0 Å². The molecule has 2 fully saturated rings. The highest BCUT2D eigenvalue weighted by Gasteiger charge is 2.26. The summed E-state index contributed by atoms with van der Waals surface area (Å²) in [5.41, 5.74) is 6.25. The number of fused-ring (bicyclic) bond motifs is 1. The molecule has 0 aliphatic carbocycles. The van der Waals surface area contributed by atoms with Crippen molar-refractivity contribution in [3.8, 4) is 11.6 Å². The molecule has 2 aliphatic rings. The second-order valence-electron chi connectivity index (χ2n) is 12.4. The molecule has 4 aromatic rings. The summed E-state index contributed by atoms with van der Waals surface area (Å²) >= 11 is 0. The van der Waals surface area contributed by atoms with Gasteiger partial charge in [0.2, 0.25) is 11.8 Å². The van der Waals surface area contributed by atoms with Gasteiger partial charge in [0.15, 0.2) is 0 Å². The van der Waals surface area contributed by atoms with Crippen molar-refractivity contribution in [3.05, 3.63) is 70.9 Å². The molecular weight excluding hydrogens is 554 g/mol. The first kappa shape index (κ1) is 30.1. The standard InChI is InChI=1S/C34H43N7O3/c1-22-7-8-26(32(42)35-28-10-9-27(23(2)17-28)21-40-15-13-38(5)14-16-40)18-30(22)44-33-31-29(11-12-39(31)6)36-34(37-33)41-19-24(3)43-25(4)20-41/h7-12,17-18,24-25H,13-16,19-21H2,1-6H3,(H,35,42). The molecule has 6 rings (SSSR count). The molecule has 2 saturated heterocycles. The van der Waals surface area contributed by atoms with Crippen LogP contribution in [0.1, 0.15) is 40.9 Å². The maximum Gasteiger partial charge on any atom is 0.255 e. The van der Waals surface area contributed by atoms with Crippen LogP contribution in [0.15, 0.2) is 48.7 Å². The second-order valence-corrected chi connectivity index (χ2v) is 12.4. The van der Waals surface area contributed by atoms with E-state index >= 15 is 0 Å². The summed E-state index contributed by atoms with van der Waals surface area (Å²) in [6.45, 7) is 14.9. The Balaban J connectivity index is 1.20. The zero-order valence-electron chi connectivity index (χ0n) is 26.6. The van der Waals surface area contributed by atoms with E-state index < -0.39 is 0 Å². The molecule has 2 aromatic carbocycles. The SMILES string of the molecule is Cc1cc(NC(=O)c2ccc(C)c(Oc3nc(N4CC(C)OC(C)C4)nc4ccn(C)c34)c2)ccc1CN1CCN(C)CC1. The van der Waals surface area contributed by atoms with Crippen LogP contribution in [0.25, 0.3) is 11.0 Å². The van der Waals surface area contributed by atoms with Crippen LogP contribution in [0, 0.1) is 13.8 Å². The lowest BCUT2D eigenvalue weighted by molar-refractivity contribution is -0.00572. The third kappa shape index (κ3) is 6.57. The van der Waals surface area contributed by atoms with Gasteiger partial charge in [0.1, 0.15) is 11.3 Å². The summed E-state index contributed by atoms with van der Waals surface area (Å²) in [7, 11) is 4.12. The fraction of sp³-hybridized carbons (Fsp3) is 0.441. The molecule has 0 bridgehead atoms. The number of aryl methyl sites for hydroxylation is 3. The number of benzene rings is 2. The van der Waals surface area contributed by atoms with Crippen molar-refractivity contribution in [2.75, 3.05) is 56.5 Å². The number of rotatable bonds is 7. The first-order valence-corrected chi connectivity index (χ1v) is 15.5. The minimum atomic E-state index is -0.190. The zero-order chi connectivity index (χ0) is 31.0. The summed E-state index contributed by atoms with van der Waals surface area (Å²) < 4.78 is 14.4. The van der Waals surface area contributed by atoms with Crippen molar-refractivity contribution < 1.29 is 14.3 Å². The fourth-order valence-corrected chi connectivity index (χ4v) is 6.05. The van der Waals surface area contributed by atoms with E-state index in [1.165, 1.54) is 11.1 Å². The average Bonchev–Trinajstić information content (AvgIpc) is 3.37. The van der Waals surface area contributed by atoms with E-state index in [0.29, 0.717) is 36.2 Å². The van der Waals surface area contributed by atoms with Gasteiger partial charge in [0.05, 0.1) is 17.7 Å². The number of hydrogen-bond donors (Lipinski definition) is 1. The monoisotopic (exact) mass is 597 g/mol. The van der Waals surface area contributed by atoms with Gasteiger partial charge >= 0.3 is 0 Å². The Bertz CT molecular complexity index is 1650. The van der Waals surface area contributed by atoms with E-state index in [9.17, 15) is 4.79 Å². The molecule has 0 saturated carbocycles. The Labute approximate surface area is 259 Å². The first-order chi connectivity index (χ1) is 21.1. The number of nitrogens with zero attached hydrogens (tertiary/aromatic N) is 6. The number of aromatic nitrogens is 3. The average molecular weight is 598 g/mol. The summed E-state index contributed by atoms with van der Waals surface area (Å²) in [5, 5.41) is 3.08. The number of piperazine rings is 1. The highest BCUT2D eigenvalue weighted by atomic mass is 16.5. The number of likely N-dealkylation sites (N-methyl/N-ethyl adjacent to an activating group) is 1. The number of amides is 1. The van der Waals surface area contributed by atoms with Crippen LogP contribution in [0.2, 0.25) is 0 Å². The topological polar surface area (TPSA) is 88.0 Å². The van der Waals surface area contributed by atoms with Crippen molar-refractivity contribution in [1.29, 1.82) is 0 Å². The summed E-state index contributed by atoms with van der Waals surface area (Å²) in [4.78, 5) is 30.1. The molecule has 0 radical (unpaired) electrons. The molecule has 2 atom stereocenters. The van der Waals surface area contributed by atoms with E-state index in [1.807, 2.05) is 49.0 Å². The highest BCUT2D eigenvalue weighted by molar-refractivity contribution is 6.04. The predicted octanol–water partition coefficient (Wildman–Crippen LogP) is 4.99. The molecule has 1 amide bonds. The van der Waals surface area contributed by atoms with E-state index in [2.05, 4.69) is 60.0 Å². The van der Waals surface area contributed by atoms with Gasteiger partial charge < -0.3 is 29.2 Å². The highest BCUT2D eigenvalue weighted by Crippen LogP contribution is 2.33. The van der Waals surface area contributed by atoms with Gasteiger partial charge in [0, 0.05) is 70.3 Å². The van der Waals surface area contributed by atoms with E-state index in [-0.39, 0.29) is 18.1 Å². The van der Waals surface area contributed by atoms with Gasteiger partial charge in [-0.1, -0.05) is 12.1 Å². The molecule has 2 aromatic heterocycles. The van der Waals surface area contributed by atoms with E-state index in [0.717, 1.165) is 55.0 Å². The van der Waals surface area contributed by atoms with Crippen LogP contribution in [0.3, 0.4) is 0 Å². The van der Waals surface area contributed by atoms with Gasteiger partial charge in [-0.2, -0.15) is 4.98 Å². The number of carbonyl (C=O) groups excluding carboxylic acids is 1. The molecule has 4 heterocycles. The lowest BCUT2D eigenvalue weighted by Gasteiger charge is -2.35. The smallest absolute Gasteiger partial charge is 0.255 e. The quantitative estimate of drug-likeness (QED) is 0.319. The minimum Gasteiger partial charge on any atom is -0.437 e. The van der Waals surface area contributed by atoms with Crippen LogP contribution in [-0.2, 0) is 18.3 Å². The number of hydrogen-bond acceptors (Lipinski definition) is 8. The first-order valence-electron chi connectivity index (χ1n) is 15.5. The van der Waals surface area contributed by atoms with Crippen LogP contribution in [0.4, 0.5) is 11.6 Å². The number of anilines is 2. The zero-order valence-corrected chi connectivity index (χ0v) is 26.6. The van der Waals surface area contributed by atoms with Crippen molar-refractivity contribution >= 4 is 28.6 Å². The molecule has 232 valence electrons. The van der Waals surface area contributed by atoms with Crippen LogP contribution in [-0.4, -0.2) is 88.8 Å². The van der Waals surface area contributed by atoms with Crippen molar-refractivity contribution in [2.24, 2.45) is 7.05 Å². The van der Waals surface area contributed by atoms with Gasteiger partial charge in [-0.3, -0.25) is 9.69 Å². The molecule has 1 N–H and O–H groups in total. The van der Waals surface area contributed by atoms with Crippen molar-refractivity contribution in [2.45, 2.75) is 46.4 Å². The van der Waals surface area contributed by atoms with Crippen LogP contribution >= 0.6 is 0 Å². The Hall–Kier alpha value is -3.99. The lowest BCUT2D eigenvalue weighted by Crippen LogP contribution is -2.46. The van der Waals surface area contributed by atoms with E-state index in [1.54, 1.807) is 6.07 Å². The maximum atomic E-state index is 13.4. The molecule has 44 heavy (non-hydrogen) atoms. The second kappa shape index (κ2) is 12.6. The molecule has 10 heteroatoms. The molecule has 2 unspecified atom stereocenters. The maximum absolute atomic E-state index is 13.4. The molecule has 10 nitrogen and oxygen atoms in total. The Morgan fingerprint density at radius 2 is 1.70 bits per heavy atom. The number of ether oxygens (including phenoxy) is 2.